The van der Waals surface area contributed by atoms with E-state index in [1.807, 2.05) is 24.3 Å². The minimum absolute atomic E-state index is 0.0389. The van der Waals surface area contributed by atoms with Gasteiger partial charge < -0.3 is 19.6 Å². The summed E-state index contributed by atoms with van der Waals surface area (Å²) in [7, 11) is 0. The molecular weight excluding hydrogens is 336 g/mol. The molecule has 1 saturated heterocycles. The number of carboxylic acids is 1. The van der Waals surface area contributed by atoms with Crippen LogP contribution in [0.4, 0.5) is 0 Å². The average molecular weight is 360 g/mol. The van der Waals surface area contributed by atoms with Gasteiger partial charge in [-0.15, -0.1) is 0 Å². The summed E-state index contributed by atoms with van der Waals surface area (Å²) in [6.07, 6.45) is 0.401. The van der Waals surface area contributed by atoms with Gasteiger partial charge in [0.05, 0.1) is 31.6 Å². The Kier molecular flexibility index (Phi) is 5.56. The molecule has 2 amide bonds. The van der Waals surface area contributed by atoms with Crippen LogP contribution in [0.15, 0.2) is 24.3 Å². The minimum atomic E-state index is -0.937. The van der Waals surface area contributed by atoms with Crippen molar-refractivity contribution in [3.05, 3.63) is 35.4 Å². The molecule has 2 atom stereocenters. The lowest BCUT2D eigenvalue weighted by Gasteiger charge is -2.38. The highest BCUT2D eigenvalue weighted by molar-refractivity contribution is 5.80. The number of amides is 2. The van der Waals surface area contributed by atoms with Gasteiger partial charge in [0.15, 0.2) is 0 Å². The second-order valence-corrected chi connectivity index (χ2v) is 6.81. The van der Waals surface area contributed by atoms with Crippen molar-refractivity contribution in [1.82, 2.24) is 9.80 Å². The summed E-state index contributed by atoms with van der Waals surface area (Å²) in [5.41, 5.74) is 2.20. The van der Waals surface area contributed by atoms with Crippen LogP contribution in [0.5, 0.6) is 0 Å². The number of aliphatic carboxylic acids is 1. The molecule has 26 heavy (non-hydrogen) atoms. The van der Waals surface area contributed by atoms with Gasteiger partial charge in [-0.1, -0.05) is 24.3 Å². The zero-order chi connectivity index (χ0) is 18.7. The fraction of sp³-hybridized carbons (Fsp3) is 0.526. The van der Waals surface area contributed by atoms with E-state index in [4.69, 9.17) is 9.84 Å². The fourth-order valence-corrected chi connectivity index (χ4v) is 3.81. The summed E-state index contributed by atoms with van der Waals surface area (Å²) in [6, 6.07) is 7.65. The summed E-state index contributed by atoms with van der Waals surface area (Å²) >= 11 is 0. The van der Waals surface area contributed by atoms with Gasteiger partial charge in [0.1, 0.15) is 0 Å². The van der Waals surface area contributed by atoms with Crippen LogP contribution in [0.2, 0.25) is 0 Å². The van der Waals surface area contributed by atoms with E-state index >= 15 is 0 Å². The molecule has 2 aliphatic rings. The lowest BCUT2D eigenvalue weighted by Crippen LogP contribution is -2.48. The summed E-state index contributed by atoms with van der Waals surface area (Å²) in [5.74, 6) is -1.05. The maximum absolute atomic E-state index is 12.9. The van der Waals surface area contributed by atoms with E-state index in [0.29, 0.717) is 19.7 Å². The molecule has 0 spiro atoms. The molecule has 1 aromatic rings. The zero-order valence-electron chi connectivity index (χ0n) is 14.9. The number of fused-ring (bicyclic) bond motifs is 1. The summed E-state index contributed by atoms with van der Waals surface area (Å²) < 4.78 is 5.44. The van der Waals surface area contributed by atoms with Gasteiger partial charge in [0.25, 0.3) is 0 Å². The van der Waals surface area contributed by atoms with E-state index in [0.717, 1.165) is 12.0 Å². The third-order valence-electron chi connectivity index (χ3n) is 5.08. The minimum Gasteiger partial charge on any atom is -0.481 e. The molecule has 2 aliphatic heterocycles. The Bertz CT molecular complexity index is 705. The van der Waals surface area contributed by atoms with Crippen molar-refractivity contribution in [2.75, 3.05) is 26.2 Å². The number of ether oxygens (including phenoxy) is 1. The molecule has 3 rings (SSSR count). The van der Waals surface area contributed by atoms with Crippen molar-refractivity contribution in [1.29, 1.82) is 0 Å². The largest absolute Gasteiger partial charge is 0.481 e. The molecule has 2 heterocycles. The lowest BCUT2D eigenvalue weighted by atomic mass is 9.90. The standard InChI is InChI=1S/C19H24N2O5/c1-13(22)21-7-6-14-4-2-3-5-16(14)17(21)11-18(23)20-8-9-26-15(12-20)10-19(24)25/h2-5,15,17H,6-12H2,1H3,(H,24,25)/t15-,17-/m1/s1. The molecule has 0 unspecified atom stereocenters. The van der Waals surface area contributed by atoms with Gasteiger partial charge in [-0.25, -0.2) is 0 Å². The monoisotopic (exact) mass is 360 g/mol. The molecular formula is C19H24N2O5. The van der Waals surface area contributed by atoms with Crippen LogP contribution in [-0.2, 0) is 25.5 Å². The second kappa shape index (κ2) is 7.86. The molecule has 0 aromatic heterocycles. The number of carboxylic acid groups (broad SMARTS) is 1. The first kappa shape index (κ1) is 18.4. The molecule has 1 aromatic carbocycles. The number of hydrogen-bond acceptors (Lipinski definition) is 4. The Morgan fingerprint density at radius 1 is 1.19 bits per heavy atom. The molecule has 0 radical (unpaired) electrons. The van der Waals surface area contributed by atoms with Crippen LogP contribution in [-0.4, -0.2) is 65.0 Å². The van der Waals surface area contributed by atoms with Gasteiger partial charge in [-0.2, -0.15) is 0 Å². The van der Waals surface area contributed by atoms with Gasteiger partial charge in [0.2, 0.25) is 11.8 Å². The van der Waals surface area contributed by atoms with Gasteiger partial charge >= 0.3 is 5.97 Å². The van der Waals surface area contributed by atoms with Crippen molar-refractivity contribution in [3.63, 3.8) is 0 Å². The quantitative estimate of drug-likeness (QED) is 0.872. The Morgan fingerprint density at radius 2 is 1.96 bits per heavy atom. The van der Waals surface area contributed by atoms with E-state index in [9.17, 15) is 14.4 Å². The van der Waals surface area contributed by atoms with E-state index < -0.39 is 12.1 Å². The first-order chi connectivity index (χ1) is 12.5. The molecule has 0 bridgehead atoms. The molecule has 7 heteroatoms. The normalized spacial score (nSPS) is 22.7. The average Bonchev–Trinajstić information content (AvgIpc) is 2.61. The smallest absolute Gasteiger partial charge is 0.306 e. The summed E-state index contributed by atoms with van der Waals surface area (Å²) in [4.78, 5) is 39.2. The molecule has 7 nitrogen and oxygen atoms in total. The third-order valence-corrected chi connectivity index (χ3v) is 5.08. The van der Waals surface area contributed by atoms with E-state index in [-0.39, 0.29) is 37.2 Å². The lowest BCUT2D eigenvalue weighted by molar-refractivity contribution is -0.149. The first-order valence-corrected chi connectivity index (χ1v) is 8.92. The topological polar surface area (TPSA) is 87.2 Å². The fourth-order valence-electron chi connectivity index (χ4n) is 3.81. The van der Waals surface area contributed by atoms with Crippen molar-refractivity contribution in [3.8, 4) is 0 Å². The van der Waals surface area contributed by atoms with Crippen molar-refractivity contribution in [2.45, 2.75) is 38.3 Å². The maximum Gasteiger partial charge on any atom is 0.306 e. The van der Waals surface area contributed by atoms with E-state index in [1.54, 1.807) is 9.80 Å². The highest BCUT2D eigenvalue weighted by atomic mass is 16.5. The van der Waals surface area contributed by atoms with E-state index in [1.165, 1.54) is 12.5 Å². The summed E-state index contributed by atoms with van der Waals surface area (Å²) in [6.45, 7) is 3.20. The van der Waals surface area contributed by atoms with Crippen LogP contribution in [0.3, 0.4) is 0 Å². The second-order valence-electron chi connectivity index (χ2n) is 6.81. The number of benzene rings is 1. The van der Waals surface area contributed by atoms with Crippen LogP contribution in [0.25, 0.3) is 0 Å². The maximum atomic E-state index is 12.9. The van der Waals surface area contributed by atoms with E-state index in [2.05, 4.69) is 0 Å². The predicted octanol–water partition coefficient (Wildman–Crippen LogP) is 1.22. The van der Waals surface area contributed by atoms with Crippen LogP contribution in [0.1, 0.15) is 36.9 Å². The van der Waals surface area contributed by atoms with Gasteiger partial charge in [0, 0.05) is 26.6 Å². The van der Waals surface area contributed by atoms with Crippen LogP contribution in [0, 0.1) is 0 Å². The SMILES string of the molecule is CC(=O)N1CCc2ccccc2[C@H]1CC(=O)N1CCO[C@H](CC(=O)O)C1. The Labute approximate surface area is 152 Å². The molecule has 140 valence electrons. The van der Waals surface area contributed by atoms with Crippen LogP contribution >= 0.6 is 0 Å². The first-order valence-electron chi connectivity index (χ1n) is 8.92. The highest BCUT2D eigenvalue weighted by Gasteiger charge is 2.33. The summed E-state index contributed by atoms with van der Waals surface area (Å²) in [5, 5.41) is 8.93. The zero-order valence-corrected chi connectivity index (χ0v) is 14.9. The van der Waals surface area contributed by atoms with Gasteiger partial charge in [-0.05, 0) is 17.5 Å². The molecule has 1 N–H and O–H groups in total. The number of nitrogens with zero attached hydrogens (tertiary/aromatic N) is 2. The predicted molar refractivity (Wildman–Crippen MR) is 93.5 cm³/mol. The Morgan fingerprint density at radius 3 is 2.69 bits per heavy atom. The van der Waals surface area contributed by atoms with Crippen molar-refractivity contribution in [2.24, 2.45) is 0 Å². The Balaban J connectivity index is 1.74. The Hall–Kier alpha value is -2.41. The number of carbonyl (C=O) groups excluding carboxylic acids is 2. The number of carbonyl (C=O) groups is 3. The molecule has 0 saturated carbocycles. The van der Waals surface area contributed by atoms with Crippen LogP contribution < -0.4 is 0 Å². The van der Waals surface area contributed by atoms with Crippen molar-refractivity contribution < 1.29 is 24.2 Å². The number of morpholine rings is 1. The highest BCUT2D eigenvalue weighted by Crippen LogP contribution is 2.33. The number of hydrogen-bond donors (Lipinski definition) is 1. The van der Waals surface area contributed by atoms with Gasteiger partial charge in [-0.3, -0.25) is 14.4 Å². The molecule has 1 fully saturated rings. The third kappa shape index (κ3) is 4.04. The van der Waals surface area contributed by atoms with Crippen molar-refractivity contribution >= 4 is 17.8 Å². The number of rotatable bonds is 4. The molecule has 0 aliphatic carbocycles.